The summed E-state index contributed by atoms with van der Waals surface area (Å²) in [5.74, 6) is -1.88. The van der Waals surface area contributed by atoms with Crippen molar-refractivity contribution in [1.82, 2.24) is 9.21 Å². The molecule has 0 N–H and O–H groups in total. The number of piperazine rings is 1. The summed E-state index contributed by atoms with van der Waals surface area (Å²) in [7, 11) is -4.40. The molecule has 1 heterocycles. The fourth-order valence-electron chi connectivity index (χ4n) is 1.77. The standard InChI is InChI=1S/C11H19F3N2O4S/c1-10(2,3)20-9(17)15-4-6-16(7-5-15)21(18,19)8-11(12,13)14/h4-8H2,1-3H3. The second-order valence-corrected chi connectivity index (χ2v) is 7.71. The molecule has 0 radical (unpaired) electrons. The van der Waals surface area contributed by atoms with Crippen molar-refractivity contribution >= 4 is 16.1 Å². The average molecular weight is 332 g/mol. The van der Waals surface area contributed by atoms with Gasteiger partial charge in [-0.25, -0.2) is 13.2 Å². The maximum Gasteiger partial charge on any atom is 0.410 e. The van der Waals surface area contributed by atoms with Crippen LogP contribution in [0.15, 0.2) is 0 Å². The Labute approximate surface area is 121 Å². The van der Waals surface area contributed by atoms with E-state index in [4.69, 9.17) is 4.74 Å². The maximum atomic E-state index is 12.2. The number of carbonyl (C=O) groups excluding carboxylic acids is 1. The van der Waals surface area contributed by atoms with E-state index in [9.17, 15) is 26.4 Å². The Bertz CT molecular complexity index is 477. The molecule has 1 aliphatic rings. The van der Waals surface area contributed by atoms with Crippen molar-refractivity contribution in [2.45, 2.75) is 32.5 Å². The van der Waals surface area contributed by atoms with Crippen molar-refractivity contribution in [2.24, 2.45) is 0 Å². The summed E-state index contributed by atoms with van der Waals surface area (Å²) in [6.45, 7) is 4.74. The quantitative estimate of drug-likeness (QED) is 0.767. The maximum absolute atomic E-state index is 12.2. The van der Waals surface area contributed by atoms with Gasteiger partial charge in [-0.2, -0.15) is 17.5 Å². The lowest BCUT2D eigenvalue weighted by molar-refractivity contribution is -0.107. The highest BCUT2D eigenvalue weighted by Crippen LogP contribution is 2.21. The van der Waals surface area contributed by atoms with Gasteiger partial charge in [0.25, 0.3) is 0 Å². The van der Waals surface area contributed by atoms with Crippen molar-refractivity contribution in [3.63, 3.8) is 0 Å². The third kappa shape index (κ3) is 6.08. The van der Waals surface area contributed by atoms with Crippen molar-refractivity contribution in [2.75, 3.05) is 31.9 Å². The molecule has 1 aliphatic heterocycles. The molecule has 10 heteroatoms. The first-order chi connectivity index (χ1) is 9.30. The fourth-order valence-corrected chi connectivity index (χ4v) is 3.09. The van der Waals surface area contributed by atoms with Crippen molar-refractivity contribution in [3.05, 3.63) is 0 Å². The molecule has 0 atom stereocenters. The monoisotopic (exact) mass is 332 g/mol. The van der Waals surface area contributed by atoms with Crippen LogP contribution < -0.4 is 0 Å². The zero-order chi connectivity index (χ0) is 16.5. The normalized spacial score (nSPS) is 18.7. The predicted octanol–water partition coefficient (Wildman–Crippen LogP) is 1.43. The highest BCUT2D eigenvalue weighted by Gasteiger charge is 2.40. The van der Waals surface area contributed by atoms with Crippen molar-refractivity contribution in [3.8, 4) is 0 Å². The first kappa shape index (κ1) is 18.0. The topological polar surface area (TPSA) is 66.9 Å². The van der Waals surface area contributed by atoms with Gasteiger partial charge in [-0.05, 0) is 20.8 Å². The van der Waals surface area contributed by atoms with Crippen LogP contribution in [0.4, 0.5) is 18.0 Å². The van der Waals surface area contributed by atoms with E-state index in [0.29, 0.717) is 0 Å². The highest BCUT2D eigenvalue weighted by molar-refractivity contribution is 7.89. The SMILES string of the molecule is CC(C)(C)OC(=O)N1CCN(S(=O)(=O)CC(F)(F)F)CC1. The van der Waals surface area contributed by atoms with E-state index >= 15 is 0 Å². The van der Waals surface area contributed by atoms with E-state index in [0.717, 1.165) is 4.31 Å². The van der Waals surface area contributed by atoms with Gasteiger partial charge >= 0.3 is 12.3 Å². The van der Waals surface area contributed by atoms with E-state index in [1.54, 1.807) is 20.8 Å². The van der Waals surface area contributed by atoms with Crippen LogP contribution in [0, 0.1) is 0 Å². The van der Waals surface area contributed by atoms with Gasteiger partial charge in [0.15, 0.2) is 5.75 Å². The Morgan fingerprint density at radius 3 is 1.95 bits per heavy atom. The first-order valence-corrected chi connectivity index (χ1v) is 7.94. The molecule has 0 saturated carbocycles. The smallest absolute Gasteiger partial charge is 0.410 e. The zero-order valence-electron chi connectivity index (χ0n) is 12.1. The molecule has 1 fully saturated rings. The lowest BCUT2D eigenvalue weighted by Gasteiger charge is -2.35. The van der Waals surface area contributed by atoms with Crippen LogP contribution in [-0.4, -0.2) is 67.4 Å². The van der Waals surface area contributed by atoms with Crippen LogP contribution in [0.2, 0.25) is 0 Å². The van der Waals surface area contributed by atoms with Crippen LogP contribution in [0.5, 0.6) is 0 Å². The third-order valence-electron chi connectivity index (χ3n) is 2.63. The highest BCUT2D eigenvalue weighted by atomic mass is 32.2. The second kappa shape index (κ2) is 5.99. The van der Waals surface area contributed by atoms with Crippen LogP contribution in [-0.2, 0) is 14.8 Å². The average Bonchev–Trinajstić information content (AvgIpc) is 2.23. The number of nitrogens with zero attached hydrogens (tertiary/aromatic N) is 2. The molecule has 0 spiro atoms. The number of ether oxygens (including phenoxy) is 1. The molecular weight excluding hydrogens is 313 g/mol. The van der Waals surface area contributed by atoms with Gasteiger partial charge in [0.05, 0.1) is 0 Å². The summed E-state index contributed by atoms with van der Waals surface area (Å²) in [5, 5.41) is 0. The minimum atomic E-state index is -4.78. The molecule has 0 bridgehead atoms. The summed E-state index contributed by atoms with van der Waals surface area (Å²) in [6.07, 6.45) is -5.38. The van der Waals surface area contributed by atoms with Gasteiger partial charge in [-0.1, -0.05) is 0 Å². The van der Waals surface area contributed by atoms with Gasteiger partial charge in [-0.15, -0.1) is 0 Å². The minimum absolute atomic E-state index is 0.00595. The predicted molar refractivity (Wildman–Crippen MR) is 69.2 cm³/mol. The van der Waals surface area contributed by atoms with Gasteiger partial charge in [0, 0.05) is 26.2 Å². The Morgan fingerprint density at radius 2 is 1.57 bits per heavy atom. The molecule has 1 saturated heterocycles. The molecular formula is C11H19F3N2O4S. The summed E-state index contributed by atoms with van der Waals surface area (Å²) in [4.78, 5) is 13.0. The van der Waals surface area contributed by atoms with E-state index < -0.39 is 33.6 Å². The van der Waals surface area contributed by atoms with E-state index in [2.05, 4.69) is 0 Å². The molecule has 1 amide bonds. The molecule has 0 aromatic heterocycles. The molecule has 0 unspecified atom stereocenters. The van der Waals surface area contributed by atoms with E-state index in [1.165, 1.54) is 4.90 Å². The lowest BCUT2D eigenvalue weighted by Crippen LogP contribution is -2.52. The number of sulfonamides is 1. The number of halogens is 3. The van der Waals surface area contributed by atoms with Crippen LogP contribution in [0.25, 0.3) is 0 Å². The summed E-state index contributed by atoms with van der Waals surface area (Å²) >= 11 is 0. The van der Waals surface area contributed by atoms with E-state index in [-0.39, 0.29) is 26.2 Å². The summed E-state index contributed by atoms with van der Waals surface area (Å²) in [5.41, 5.74) is -0.684. The first-order valence-electron chi connectivity index (χ1n) is 6.33. The summed E-state index contributed by atoms with van der Waals surface area (Å²) < 4.78 is 65.6. The van der Waals surface area contributed by atoms with Crippen LogP contribution in [0.3, 0.4) is 0 Å². The lowest BCUT2D eigenvalue weighted by atomic mass is 10.2. The molecule has 0 aromatic rings. The molecule has 124 valence electrons. The molecule has 0 aromatic carbocycles. The van der Waals surface area contributed by atoms with E-state index in [1.807, 2.05) is 0 Å². The van der Waals surface area contributed by atoms with Gasteiger partial charge in [-0.3, -0.25) is 0 Å². The third-order valence-corrected chi connectivity index (χ3v) is 4.47. The van der Waals surface area contributed by atoms with Crippen LogP contribution in [0.1, 0.15) is 20.8 Å². The number of amides is 1. The van der Waals surface area contributed by atoms with Gasteiger partial charge in [0.2, 0.25) is 10.0 Å². The Kier molecular flexibility index (Phi) is 5.14. The Morgan fingerprint density at radius 1 is 1.10 bits per heavy atom. The van der Waals surface area contributed by atoms with Crippen molar-refractivity contribution in [1.29, 1.82) is 0 Å². The van der Waals surface area contributed by atoms with Gasteiger partial charge in [0.1, 0.15) is 5.60 Å². The number of hydrogen-bond donors (Lipinski definition) is 0. The second-order valence-electron chi connectivity index (χ2n) is 5.74. The van der Waals surface area contributed by atoms with Gasteiger partial charge < -0.3 is 9.64 Å². The number of alkyl halides is 3. The zero-order valence-corrected chi connectivity index (χ0v) is 12.9. The van der Waals surface area contributed by atoms with Crippen molar-refractivity contribution < 1.29 is 31.1 Å². The number of carbonyl (C=O) groups is 1. The summed E-state index contributed by atoms with van der Waals surface area (Å²) in [6, 6.07) is 0. The largest absolute Gasteiger partial charge is 0.444 e. The molecule has 6 nitrogen and oxygen atoms in total. The van der Waals surface area contributed by atoms with Crippen LogP contribution >= 0.6 is 0 Å². The molecule has 1 rings (SSSR count). The number of rotatable bonds is 2. The fraction of sp³-hybridized carbons (Fsp3) is 0.909. The molecule has 0 aliphatic carbocycles. The number of hydrogen-bond acceptors (Lipinski definition) is 4. The Hall–Kier alpha value is -1.03. The Balaban J connectivity index is 2.58. The molecule has 21 heavy (non-hydrogen) atoms. The minimum Gasteiger partial charge on any atom is -0.444 e.